The third-order valence-electron chi connectivity index (χ3n) is 4.45. The largest absolute Gasteiger partial charge is 0.497 e. The van der Waals surface area contributed by atoms with Crippen LogP contribution in [0.1, 0.15) is 22.7 Å². The molecule has 1 N–H and O–H groups in total. The Morgan fingerprint density at radius 2 is 1.70 bits per heavy atom. The number of ether oxygens (including phenoxy) is 1. The molecule has 3 aromatic rings. The number of nitrogens with zero attached hydrogens (tertiary/aromatic N) is 1. The second-order valence-corrected chi connectivity index (χ2v) is 6.45. The van der Waals surface area contributed by atoms with Gasteiger partial charge >= 0.3 is 0 Å². The molecular weight excluding hydrogens is 387 g/mol. The van der Waals surface area contributed by atoms with Crippen LogP contribution in [0.25, 0.3) is 6.08 Å². The molecule has 3 rings (SSSR count). The fourth-order valence-electron chi connectivity index (χ4n) is 2.92. The summed E-state index contributed by atoms with van der Waals surface area (Å²) in [6, 6.07) is 18.5. The van der Waals surface area contributed by atoms with Crippen LogP contribution in [0.2, 0.25) is 0 Å². The summed E-state index contributed by atoms with van der Waals surface area (Å²) in [7, 11) is 1.56. The van der Waals surface area contributed by atoms with E-state index in [1.54, 1.807) is 43.5 Å². The molecule has 0 aromatic heterocycles. The van der Waals surface area contributed by atoms with Gasteiger partial charge in [-0.05, 0) is 47.0 Å². The van der Waals surface area contributed by atoms with Gasteiger partial charge in [-0.3, -0.25) is 14.9 Å². The van der Waals surface area contributed by atoms with Crippen molar-refractivity contribution in [3.8, 4) is 5.75 Å². The highest BCUT2D eigenvalue weighted by atomic mass is 19.1. The number of carbonyl (C=O) groups is 1. The summed E-state index contributed by atoms with van der Waals surface area (Å²) in [6.07, 6.45) is 2.80. The molecule has 0 spiro atoms. The van der Waals surface area contributed by atoms with Crippen LogP contribution < -0.4 is 10.1 Å². The van der Waals surface area contributed by atoms with E-state index in [0.29, 0.717) is 16.9 Å². The summed E-state index contributed by atoms with van der Waals surface area (Å²) >= 11 is 0. The highest BCUT2D eigenvalue weighted by Gasteiger charge is 2.16. The summed E-state index contributed by atoms with van der Waals surface area (Å²) in [5, 5.41) is 13.8. The van der Waals surface area contributed by atoms with Crippen molar-refractivity contribution in [3.63, 3.8) is 0 Å². The molecule has 30 heavy (non-hydrogen) atoms. The molecule has 7 heteroatoms. The maximum Gasteiger partial charge on any atom is 0.270 e. The second kappa shape index (κ2) is 9.47. The lowest BCUT2D eigenvalue weighted by molar-refractivity contribution is -0.384. The van der Waals surface area contributed by atoms with Gasteiger partial charge in [0.05, 0.1) is 18.1 Å². The molecule has 6 nitrogen and oxygen atoms in total. The van der Waals surface area contributed by atoms with E-state index in [1.807, 2.05) is 12.1 Å². The molecule has 0 bridgehead atoms. The third kappa shape index (κ3) is 5.29. The van der Waals surface area contributed by atoms with Crippen molar-refractivity contribution in [1.82, 2.24) is 5.32 Å². The minimum absolute atomic E-state index is 0.0556. The number of benzene rings is 3. The predicted octanol–water partition coefficient (Wildman–Crippen LogP) is 4.66. The van der Waals surface area contributed by atoms with E-state index < -0.39 is 16.9 Å². The van der Waals surface area contributed by atoms with E-state index >= 15 is 0 Å². The first-order valence-electron chi connectivity index (χ1n) is 9.09. The van der Waals surface area contributed by atoms with Crippen LogP contribution in [-0.2, 0) is 4.79 Å². The van der Waals surface area contributed by atoms with Crippen LogP contribution in [0.4, 0.5) is 10.1 Å². The van der Waals surface area contributed by atoms with E-state index in [2.05, 4.69) is 5.32 Å². The number of nitro benzene ring substituents is 1. The molecule has 1 amide bonds. The van der Waals surface area contributed by atoms with Gasteiger partial charge in [-0.2, -0.15) is 0 Å². The number of amides is 1. The Kier molecular flexibility index (Phi) is 6.54. The van der Waals surface area contributed by atoms with Crippen LogP contribution in [0.3, 0.4) is 0 Å². The lowest BCUT2D eigenvalue weighted by Gasteiger charge is -2.19. The van der Waals surface area contributed by atoms with Gasteiger partial charge in [0.2, 0.25) is 5.91 Å². The maximum absolute atomic E-state index is 13.3. The van der Waals surface area contributed by atoms with Gasteiger partial charge in [-0.25, -0.2) is 4.39 Å². The zero-order valence-corrected chi connectivity index (χ0v) is 16.1. The van der Waals surface area contributed by atoms with Gasteiger partial charge in [-0.1, -0.05) is 36.4 Å². The highest BCUT2D eigenvalue weighted by molar-refractivity contribution is 5.92. The summed E-state index contributed by atoms with van der Waals surface area (Å²) < 4.78 is 18.5. The van der Waals surface area contributed by atoms with Crippen molar-refractivity contribution in [2.24, 2.45) is 0 Å². The Balaban J connectivity index is 1.83. The number of hydrogen-bond donors (Lipinski definition) is 1. The van der Waals surface area contributed by atoms with Gasteiger partial charge in [-0.15, -0.1) is 0 Å². The van der Waals surface area contributed by atoms with Gasteiger partial charge in [0, 0.05) is 18.2 Å². The van der Waals surface area contributed by atoms with Crippen LogP contribution >= 0.6 is 0 Å². The van der Waals surface area contributed by atoms with Gasteiger partial charge in [0.15, 0.2) is 0 Å². The van der Waals surface area contributed by atoms with Crippen LogP contribution in [-0.4, -0.2) is 17.9 Å². The number of carbonyl (C=O) groups excluding carboxylic acids is 1. The molecule has 0 aliphatic heterocycles. The molecular formula is C23H19FN2O4. The lowest BCUT2D eigenvalue weighted by Crippen LogP contribution is -2.27. The number of non-ortho nitro benzene ring substituents is 1. The number of halogens is 1. The maximum atomic E-state index is 13.3. The normalized spacial score (nSPS) is 11.8. The SMILES string of the molecule is COc1ccc(C(NC(=O)/C=C/c2cccc([N+](=O)[O-])c2)c2ccc(F)cc2)cc1. The Morgan fingerprint density at radius 1 is 1.07 bits per heavy atom. The Morgan fingerprint density at radius 3 is 2.30 bits per heavy atom. The van der Waals surface area contributed by atoms with Crippen LogP contribution in [0, 0.1) is 15.9 Å². The Hall–Kier alpha value is -4.00. The van der Waals surface area contributed by atoms with Crippen LogP contribution in [0.5, 0.6) is 5.75 Å². The van der Waals surface area contributed by atoms with E-state index in [1.165, 1.54) is 36.4 Å². The van der Waals surface area contributed by atoms with E-state index in [9.17, 15) is 19.3 Å². The van der Waals surface area contributed by atoms with E-state index in [0.717, 1.165) is 5.56 Å². The molecule has 0 heterocycles. The van der Waals surface area contributed by atoms with Crippen molar-refractivity contribution in [2.45, 2.75) is 6.04 Å². The fourth-order valence-corrected chi connectivity index (χ4v) is 2.92. The molecule has 0 aliphatic carbocycles. The number of nitro groups is 1. The Bertz CT molecular complexity index is 1060. The molecule has 1 unspecified atom stereocenters. The molecule has 0 fully saturated rings. The molecule has 1 atom stereocenters. The second-order valence-electron chi connectivity index (χ2n) is 6.45. The number of hydrogen-bond acceptors (Lipinski definition) is 4. The molecule has 152 valence electrons. The third-order valence-corrected chi connectivity index (χ3v) is 4.45. The molecule has 0 saturated heterocycles. The van der Waals surface area contributed by atoms with Crippen molar-refractivity contribution in [1.29, 1.82) is 0 Å². The first kappa shape index (κ1) is 20.7. The average Bonchev–Trinajstić information content (AvgIpc) is 2.77. The van der Waals surface area contributed by atoms with E-state index in [4.69, 9.17) is 4.74 Å². The van der Waals surface area contributed by atoms with Crippen molar-refractivity contribution in [3.05, 3.63) is 111 Å². The minimum Gasteiger partial charge on any atom is -0.497 e. The molecule has 0 radical (unpaired) electrons. The fraction of sp³-hybridized carbons (Fsp3) is 0.0870. The zero-order valence-electron chi connectivity index (χ0n) is 16.1. The predicted molar refractivity (Wildman–Crippen MR) is 112 cm³/mol. The van der Waals surface area contributed by atoms with Gasteiger partial charge in [0.25, 0.3) is 5.69 Å². The van der Waals surface area contributed by atoms with Crippen molar-refractivity contribution < 1.29 is 18.8 Å². The lowest BCUT2D eigenvalue weighted by atomic mass is 9.98. The smallest absolute Gasteiger partial charge is 0.270 e. The molecule has 0 saturated carbocycles. The highest BCUT2D eigenvalue weighted by Crippen LogP contribution is 2.24. The van der Waals surface area contributed by atoms with Gasteiger partial charge < -0.3 is 10.1 Å². The summed E-state index contributed by atoms with van der Waals surface area (Å²) in [5.74, 6) is -0.0933. The van der Waals surface area contributed by atoms with E-state index in [-0.39, 0.29) is 11.5 Å². The average molecular weight is 406 g/mol. The topological polar surface area (TPSA) is 81.5 Å². The number of rotatable bonds is 7. The number of methoxy groups -OCH3 is 1. The zero-order chi connectivity index (χ0) is 21.5. The number of nitrogens with one attached hydrogen (secondary N) is 1. The Labute approximate surface area is 172 Å². The van der Waals surface area contributed by atoms with Crippen molar-refractivity contribution in [2.75, 3.05) is 7.11 Å². The first-order valence-corrected chi connectivity index (χ1v) is 9.09. The summed E-state index contributed by atoms with van der Waals surface area (Å²) in [6.45, 7) is 0. The molecule has 3 aromatic carbocycles. The van der Waals surface area contributed by atoms with Crippen molar-refractivity contribution >= 4 is 17.7 Å². The van der Waals surface area contributed by atoms with Crippen LogP contribution in [0.15, 0.2) is 78.9 Å². The quantitative estimate of drug-likeness (QED) is 0.351. The summed E-state index contributed by atoms with van der Waals surface area (Å²) in [5.41, 5.74) is 1.97. The minimum atomic E-state index is -0.515. The molecule has 0 aliphatic rings. The summed E-state index contributed by atoms with van der Waals surface area (Å²) in [4.78, 5) is 22.9. The first-order chi connectivity index (χ1) is 14.5. The standard InChI is InChI=1S/C23H19FN2O4/c1-30-21-12-8-18(9-13-21)23(17-6-10-19(24)11-7-17)25-22(27)14-5-16-3-2-4-20(15-16)26(28)29/h2-15,23H,1H3,(H,25,27)/b14-5+. The van der Waals surface area contributed by atoms with Gasteiger partial charge in [0.1, 0.15) is 11.6 Å². The monoisotopic (exact) mass is 406 g/mol.